The van der Waals surface area contributed by atoms with Crippen LogP contribution in [0.3, 0.4) is 0 Å². The SMILES string of the molecule is CCCCCCCCCCCCCCCCCC(O)C(CO)NC(=O)CCCCCCCCCCC/C=C\CCCCCCCCCCCCCCOC(=O)CCCCCCCCCCCCCCC. The molecule has 0 heterocycles. The maximum absolute atomic E-state index is 12.5. The van der Waals surface area contributed by atoms with Crippen molar-refractivity contribution >= 4 is 11.9 Å². The van der Waals surface area contributed by atoms with Crippen LogP contribution >= 0.6 is 0 Å². The second-order valence-electron chi connectivity index (χ2n) is 22.1. The smallest absolute Gasteiger partial charge is 0.305 e. The molecule has 0 bridgehead atoms. The predicted molar refractivity (Wildman–Crippen MR) is 306 cm³/mol. The van der Waals surface area contributed by atoms with Gasteiger partial charge in [0.05, 0.1) is 25.4 Å². The lowest BCUT2D eigenvalue weighted by Gasteiger charge is -2.22. The molecule has 0 fully saturated rings. The Balaban J connectivity index is 3.38. The number of hydrogen-bond acceptors (Lipinski definition) is 5. The molecule has 0 saturated carbocycles. The molecule has 70 heavy (non-hydrogen) atoms. The first kappa shape index (κ1) is 68.6. The van der Waals surface area contributed by atoms with E-state index in [2.05, 4.69) is 31.3 Å². The first-order chi connectivity index (χ1) is 34.5. The van der Waals surface area contributed by atoms with E-state index < -0.39 is 12.1 Å². The number of aliphatic hydroxyl groups excluding tert-OH is 2. The number of ether oxygens (including phenoxy) is 1. The Kier molecular flexibility index (Phi) is 59.0. The van der Waals surface area contributed by atoms with Gasteiger partial charge in [0.25, 0.3) is 0 Å². The third-order valence-corrected chi connectivity index (χ3v) is 15.1. The van der Waals surface area contributed by atoms with Gasteiger partial charge in [0.1, 0.15) is 0 Å². The standard InChI is InChI=1S/C64H125NO5/c1-3-5-7-9-11-13-15-17-29-33-36-40-44-48-52-56-62(67)61(60-66)65-63(68)57-53-49-45-41-37-34-30-27-25-23-21-19-18-20-22-24-26-28-31-35-39-43-47-51-55-59-70-64(69)58-54-50-46-42-38-32-16-14-12-10-8-6-4-2/h19,21,61-62,66-67H,3-18,20,22-60H2,1-2H3,(H,65,68)/b21-19-. The summed E-state index contributed by atoms with van der Waals surface area (Å²) in [5.41, 5.74) is 0. The number of hydrogen-bond donors (Lipinski definition) is 3. The van der Waals surface area contributed by atoms with Gasteiger partial charge in [-0.3, -0.25) is 9.59 Å². The number of rotatable bonds is 60. The van der Waals surface area contributed by atoms with E-state index in [9.17, 15) is 19.8 Å². The van der Waals surface area contributed by atoms with E-state index in [4.69, 9.17) is 4.74 Å². The second-order valence-corrected chi connectivity index (χ2v) is 22.1. The van der Waals surface area contributed by atoms with E-state index in [-0.39, 0.29) is 18.5 Å². The van der Waals surface area contributed by atoms with Crippen molar-refractivity contribution in [1.82, 2.24) is 5.32 Å². The molecule has 0 aromatic rings. The minimum absolute atomic E-state index is 0.0157. The zero-order valence-corrected chi connectivity index (χ0v) is 47.5. The molecule has 6 heteroatoms. The minimum atomic E-state index is -0.665. The fraction of sp³-hybridized carbons (Fsp3) is 0.938. The van der Waals surface area contributed by atoms with Crippen LogP contribution in [0.2, 0.25) is 0 Å². The molecule has 1 amide bonds. The molecular weight excluding hydrogens is 863 g/mol. The Hall–Kier alpha value is -1.40. The molecule has 2 unspecified atom stereocenters. The summed E-state index contributed by atoms with van der Waals surface area (Å²) < 4.78 is 5.48. The Bertz CT molecular complexity index is 1050. The molecule has 0 radical (unpaired) electrons. The number of carbonyl (C=O) groups is 2. The predicted octanol–water partition coefficient (Wildman–Crippen LogP) is 20.0. The summed E-state index contributed by atoms with van der Waals surface area (Å²) in [5, 5.41) is 23.3. The number of nitrogens with one attached hydrogen (secondary N) is 1. The van der Waals surface area contributed by atoms with Gasteiger partial charge in [-0.25, -0.2) is 0 Å². The Morgan fingerprint density at radius 1 is 0.386 bits per heavy atom. The van der Waals surface area contributed by atoms with E-state index in [1.807, 2.05) is 0 Å². The number of esters is 1. The Morgan fingerprint density at radius 2 is 0.671 bits per heavy atom. The lowest BCUT2D eigenvalue weighted by molar-refractivity contribution is -0.143. The summed E-state index contributed by atoms with van der Waals surface area (Å²) in [6.45, 7) is 4.98. The van der Waals surface area contributed by atoms with E-state index in [0.717, 1.165) is 38.5 Å². The van der Waals surface area contributed by atoms with Crippen molar-refractivity contribution in [2.75, 3.05) is 13.2 Å². The minimum Gasteiger partial charge on any atom is -0.466 e. The maximum atomic E-state index is 12.5. The van der Waals surface area contributed by atoms with Crippen molar-refractivity contribution in [3.63, 3.8) is 0 Å². The summed E-state index contributed by atoms with van der Waals surface area (Å²) in [7, 11) is 0. The molecule has 0 saturated heterocycles. The molecule has 0 rings (SSSR count). The largest absolute Gasteiger partial charge is 0.466 e. The van der Waals surface area contributed by atoms with E-state index in [1.54, 1.807) is 0 Å². The quantitative estimate of drug-likeness (QED) is 0.0321. The molecule has 3 N–H and O–H groups in total. The lowest BCUT2D eigenvalue weighted by Crippen LogP contribution is -2.45. The molecule has 0 aliphatic rings. The molecular formula is C64H125NO5. The van der Waals surface area contributed by atoms with E-state index in [0.29, 0.717) is 25.9 Å². The van der Waals surface area contributed by atoms with Crippen molar-refractivity contribution in [2.45, 2.75) is 373 Å². The van der Waals surface area contributed by atoms with Crippen LogP contribution in [0.1, 0.15) is 361 Å². The van der Waals surface area contributed by atoms with Crippen molar-refractivity contribution in [2.24, 2.45) is 0 Å². The first-order valence-electron chi connectivity index (χ1n) is 31.9. The number of carbonyl (C=O) groups excluding carboxylic acids is 2. The van der Waals surface area contributed by atoms with Gasteiger partial charge in [-0.05, 0) is 51.4 Å². The highest BCUT2D eigenvalue weighted by Crippen LogP contribution is 2.18. The van der Waals surface area contributed by atoms with Gasteiger partial charge in [0.2, 0.25) is 5.91 Å². The van der Waals surface area contributed by atoms with Gasteiger partial charge in [-0.2, -0.15) is 0 Å². The fourth-order valence-electron chi connectivity index (χ4n) is 10.2. The van der Waals surface area contributed by atoms with Crippen LogP contribution < -0.4 is 5.32 Å². The molecule has 416 valence electrons. The van der Waals surface area contributed by atoms with Gasteiger partial charge in [-0.15, -0.1) is 0 Å². The maximum Gasteiger partial charge on any atom is 0.305 e. The average Bonchev–Trinajstić information content (AvgIpc) is 3.36. The molecule has 0 aliphatic carbocycles. The van der Waals surface area contributed by atoms with Gasteiger partial charge in [0.15, 0.2) is 0 Å². The Morgan fingerprint density at radius 3 is 1.01 bits per heavy atom. The van der Waals surface area contributed by atoms with Crippen LogP contribution in [0, 0.1) is 0 Å². The second kappa shape index (κ2) is 60.2. The van der Waals surface area contributed by atoms with Crippen LogP contribution in [0.25, 0.3) is 0 Å². The van der Waals surface area contributed by atoms with Crippen molar-refractivity contribution < 1.29 is 24.5 Å². The molecule has 0 aliphatic heterocycles. The monoisotopic (exact) mass is 988 g/mol. The molecule has 0 spiro atoms. The third-order valence-electron chi connectivity index (χ3n) is 15.1. The summed E-state index contributed by atoms with van der Waals surface area (Å²) >= 11 is 0. The van der Waals surface area contributed by atoms with Crippen molar-refractivity contribution in [3.05, 3.63) is 12.2 Å². The lowest BCUT2D eigenvalue weighted by atomic mass is 10.0. The highest BCUT2D eigenvalue weighted by Gasteiger charge is 2.20. The normalized spacial score (nSPS) is 12.6. The van der Waals surface area contributed by atoms with Gasteiger partial charge < -0.3 is 20.3 Å². The van der Waals surface area contributed by atoms with E-state index in [1.165, 1.54) is 289 Å². The Labute approximate surface area is 438 Å². The van der Waals surface area contributed by atoms with Crippen LogP contribution in [-0.2, 0) is 14.3 Å². The third kappa shape index (κ3) is 55.9. The van der Waals surface area contributed by atoms with Crippen LogP contribution in [-0.4, -0.2) is 47.4 Å². The van der Waals surface area contributed by atoms with Gasteiger partial charge >= 0.3 is 5.97 Å². The summed E-state index contributed by atoms with van der Waals surface area (Å²) in [4.78, 5) is 24.5. The van der Waals surface area contributed by atoms with Gasteiger partial charge in [0, 0.05) is 12.8 Å². The number of aliphatic hydroxyl groups is 2. The zero-order chi connectivity index (χ0) is 50.7. The first-order valence-corrected chi connectivity index (χ1v) is 31.9. The van der Waals surface area contributed by atoms with Crippen LogP contribution in [0.5, 0.6) is 0 Å². The molecule has 0 aromatic heterocycles. The number of unbranched alkanes of at least 4 members (excludes halogenated alkanes) is 47. The summed E-state index contributed by atoms with van der Waals surface area (Å²) in [6.07, 6.45) is 72.3. The molecule has 6 nitrogen and oxygen atoms in total. The van der Waals surface area contributed by atoms with Crippen LogP contribution in [0.4, 0.5) is 0 Å². The summed E-state index contributed by atoms with van der Waals surface area (Å²) in [5.74, 6) is -0.0197. The van der Waals surface area contributed by atoms with Crippen molar-refractivity contribution in [1.29, 1.82) is 0 Å². The summed E-state index contributed by atoms with van der Waals surface area (Å²) in [6, 6.07) is -0.543. The van der Waals surface area contributed by atoms with Crippen LogP contribution in [0.15, 0.2) is 12.2 Å². The zero-order valence-electron chi connectivity index (χ0n) is 47.5. The van der Waals surface area contributed by atoms with Crippen molar-refractivity contribution in [3.8, 4) is 0 Å². The highest BCUT2D eigenvalue weighted by atomic mass is 16.5. The number of amides is 1. The number of allylic oxidation sites excluding steroid dienone is 2. The topological polar surface area (TPSA) is 95.9 Å². The highest BCUT2D eigenvalue weighted by molar-refractivity contribution is 5.76. The van der Waals surface area contributed by atoms with Gasteiger partial charge in [-0.1, -0.05) is 309 Å². The van der Waals surface area contributed by atoms with E-state index >= 15 is 0 Å². The molecule has 0 aromatic carbocycles. The fourth-order valence-corrected chi connectivity index (χ4v) is 10.2. The molecule has 2 atom stereocenters. The average molecular weight is 989 g/mol.